The van der Waals surface area contributed by atoms with Gasteiger partial charge in [0.25, 0.3) is 5.91 Å². The van der Waals surface area contributed by atoms with E-state index in [4.69, 9.17) is 38.1 Å². The lowest BCUT2D eigenvalue weighted by Gasteiger charge is -2.10. The number of hydrogen-bond acceptors (Lipinski definition) is 4. The number of nitrogens with zero attached hydrogens (tertiary/aromatic N) is 1. The van der Waals surface area contributed by atoms with E-state index in [-0.39, 0.29) is 0 Å². The molecular formula is C17H14Cl2N2O3. The molecule has 2 N–H and O–H groups in total. The van der Waals surface area contributed by atoms with Gasteiger partial charge in [0, 0.05) is 29.8 Å². The van der Waals surface area contributed by atoms with E-state index in [1.165, 1.54) is 19.5 Å². The number of fused-ring (bicyclic) bond motifs is 1. The van der Waals surface area contributed by atoms with E-state index < -0.39 is 5.91 Å². The molecule has 0 atom stereocenters. The van der Waals surface area contributed by atoms with Gasteiger partial charge >= 0.3 is 0 Å². The lowest BCUT2D eigenvalue weighted by molar-refractivity contribution is 0.1000. The van der Waals surface area contributed by atoms with E-state index in [9.17, 15) is 4.79 Å². The molecule has 7 heteroatoms. The Kier molecular flexibility index (Phi) is 4.39. The Hall–Kier alpha value is -2.24. The number of amides is 1. The minimum Gasteiger partial charge on any atom is -0.493 e. The van der Waals surface area contributed by atoms with Gasteiger partial charge in [-0.2, -0.15) is 0 Å². The molecular weight excluding hydrogens is 351 g/mol. The van der Waals surface area contributed by atoms with Gasteiger partial charge in [-0.05, 0) is 17.7 Å². The normalized spacial score (nSPS) is 11.0. The summed E-state index contributed by atoms with van der Waals surface area (Å²) in [6, 6.07) is 3.51. The molecule has 0 fully saturated rings. The lowest BCUT2D eigenvalue weighted by Crippen LogP contribution is -2.12. The van der Waals surface area contributed by atoms with Gasteiger partial charge in [0.05, 0.1) is 22.7 Å². The number of halogens is 2. The van der Waals surface area contributed by atoms with Crippen molar-refractivity contribution in [3.05, 3.63) is 45.9 Å². The first-order valence-corrected chi connectivity index (χ1v) is 7.96. The van der Waals surface area contributed by atoms with Crippen LogP contribution in [0.5, 0.6) is 5.75 Å². The SMILES string of the molecule is CCc1oc2c(OC)ccc(-c3c(Cl)cncc3Cl)c2c1C(N)=O. The Morgan fingerprint density at radius 1 is 1.29 bits per heavy atom. The predicted octanol–water partition coefficient (Wildman–Crippen LogP) is 4.47. The number of carbonyl (C=O) groups excluding carboxylic acids is 1. The monoisotopic (exact) mass is 364 g/mol. The van der Waals surface area contributed by atoms with Crippen LogP contribution in [0, 0.1) is 0 Å². The van der Waals surface area contributed by atoms with Crippen LogP contribution < -0.4 is 10.5 Å². The van der Waals surface area contributed by atoms with E-state index in [2.05, 4.69) is 4.98 Å². The highest BCUT2D eigenvalue weighted by Gasteiger charge is 2.25. The van der Waals surface area contributed by atoms with E-state index in [1.54, 1.807) is 12.1 Å². The van der Waals surface area contributed by atoms with E-state index >= 15 is 0 Å². The summed E-state index contributed by atoms with van der Waals surface area (Å²) in [7, 11) is 1.53. The van der Waals surface area contributed by atoms with Crippen molar-refractivity contribution in [2.45, 2.75) is 13.3 Å². The number of carbonyl (C=O) groups is 1. The second-order valence-corrected chi connectivity index (χ2v) is 5.93. The van der Waals surface area contributed by atoms with Crippen molar-refractivity contribution in [1.29, 1.82) is 0 Å². The molecule has 0 unspecified atom stereocenters. The second-order valence-electron chi connectivity index (χ2n) is 5.12. The van der Waals surface area contributed by atoms with Gasteiger partial charge < -0.3 is 14.9 Å². The predicted molar refractivity (Wildman–Crippen MR) is 93.9 cm³/mol. The van der Waals surface area contributed by atoms with Crippen molar-refractivity contribution >= 4 is 40.1 Å². The number of aryl methyl sites for hydroxylation is 1. The largest absolute Gasteiger partial charge is 0.493 e. The molecule has 2 heterocycles. The molecule has 0 aliphatic rings. The topological polar surface area (TPSA) is 78.3 Å². The van der Waals surface area contributed by atoms with Crippen molar-refractivity contribution in [2.75, 3.05) is 7.11 Å². The quantitative estimate of drug-likeness (QED) is 0.740. The Labute approximate surface area is 148 Å². The van der Waals surface area contributed by atoms with Gasteiger partial charge in [0.1, 0.15) is 5.76 Å². The molecule has 0 saturated heterocycles. The number of rotatable bonds is 4. The number of methoxy groups -OCH3 is 1. The van der Waals surface area contributed by atoms with Gasteiger partial charge in [-0.3, -0.25) is 9.78 Å². The second kappa shape index (κ2) is 6.34. The fraction of sp³-hybridized carbons (Fsp3) is 0.176. The molecule has 124 valence electrons. The number of benzene rings is 1. The summed E-state index contributed by atoms with van der Waals surface area (Å²) in [5, 5.41) is 1.26. The highest BCUT2D eigenvalue weighted by atomic mass is 35.5. The smallest absolute Gasteiger partial charge is 0.252 e. The number of nitrogens with two attached hydrogens (primary N) is 1. The molecule has 2 aromatic heterocycles. The average Bonchev–Trinajstić information content (AvgIpc) is 2.94. The van der Waals surface area contributed by atoms with E-state index in [0.717, 1.165) is 0 Å². The number of primary amides is 1. The minimum absolute atomic E-state index is 0.311. The molecule has 0 aliphatic heterocycles. The molecule has 5 nitrogen and oxygen atoms in total. The van der Waals surface area contributed by atoms with Gasteiger partial charge in [0.15, 0.2) is 11.3 Å². The summed E-state index contributed by atoms with van der Waals surface area (Å²) >= 11 is 12.6. The maximum atomic E-state index is 12.1. The first kappa shape index (κ1) is 16.6. The highest BCUT2D eigenvalue weighted by Crippen LogP contribution is 2.43. The molecule has 0 bridgehead atoms. The highest BCUT2D eigenvalue weighted by molar-refractivity contribution is 6.39. The number of aromatic nitrogens is 1. The van der Waals surface area contributed by atoms with Crippen molar-refractivity contribution in [3.8, 4) is 16.9 Å². The molecule has 0 radical (unpaired) electrons. The zero-order chi connectivity index (χ0) is 17.4. The first-order valence-electron chi connectivity index (χ1n) is 7.21. The first-order chi connectivity index (χ1) is 11.5. The number of hydrogen-bond donors (Lipinski definition) is 1. The van der Waals surface area contributed by atoms with Crippen molar-refractivity contribution in [3.63, 3.8) is 0 Å². The maximum absolute atomic E-state index is 12.1. The lowest BCUT2D eigenvalue weighted by atomic mass is 9.98. The summed E-state index contributed by atoms with van der Waals surface area (Å²) < 4.78 is 11.2. The molecule has 0 aliphatic carbocycles. The van der Waals surface area contributed by atoms with Crippen LogP contribution in [0.1, 0.15) is 23.0 Å². The Morgan fingerprint density at radius 2 is 1.96 bits per heavy atom. The fourth-order valence-electron chi connectivity index (χ4n) is 2.77. The van der Waals surface area contributed by atoms with Crippen LogP contribution in [0.15, 0.2) is 28.9 Å². The summed E-state index contributed by atoms with van der Waals surface area (Å²) in [5.74, 6) is 0.406. The molecule has 0 saturated carbocycles. The van der Waals surface area contributed by atoms with Gasteiger partial charge in [0.2, 0.25) is 0 Å². The van der Waals surface area contributed by atoms with Crippen LogP contribution in [-0.4, -0.2) is 18.0 Å². The third-order valence-electron chi connectivity index (χ3n) is 3.79. The summed E-state index contributed by atoms with van der Waals surface area (Å²) in [6.45, 7) is 1.88. The van der Waals surface area contributed by atoms with Crippen LogP contribution in [0.3, 0.4) is 0 Å². The summed E-state index contributed by atoms with van der Waals surface area (Å²) in [5.41, 5.74) is 7.54. The number of ether oxygens (including phenoxy) is 1. The van der Waals surface area contributed by atoms with Gasteiger partial charge in [-0.25, -0.2) is 0 Å². The van der Waals surface area contributed by atoms with Gasteiger partial charge in [-0.15, -0.1) is 0 Å². The zero-order valence-electron chi connectivity index (χ0n) is 13.0. The molecule has 1 amide bonds. The third-order valence-corrected chi connectivity index (χ3v) is 4.36. The fourth-order valence-corrected chi connectivity index (χ4v) is 3.34. The minimum atomic E-state index is -0.582. The van der Waals surface area contributed by atoms with Crippen molar-refractivity contribution in [2.24, 2.45) is 5.73 Å². The number of pyridine rings is 1. The Bertz CT molecular complexity index is 930. The molecule has 0 spiro atoms. The summed E-state index contributed by atoms with van der Waals surface area (Å²) in [6.07, 6.45) is 3.49. The third kappa shape index (κ3) is 2.50. The zero-order valence-corrected chi connectivity index (χ0v) is 14.5. The number of furan rings is 1. The van der Waals surface area contributed by atoms with Crippen LogP contribution in [0.2, 0.25) is 10.0 Å². The molecule has 1 aromatic carbocycles. The van der Waals surface area contributed by atoms with Crippen LogP contribution in [-0.2, 0) is 6.42 Å². The molecule has 3 aromatic rings. The van der Waals surface area contributed by atoms with Crippen LogP contribution in [0.25, 0.3) is 22.1 Å². The van der Waals surface area contributed by atoms with Crippen molar-refractivity contribution in [1.82, 2.24) is 4.98 Å². The van der Waals surface area contributed by atoms with Crippen LogP contribution in [0.4, 0.5) is 0 Å². The molecule has 3 rings (SSSR count). The summed E-state index contributed by atoms with van der Waals surface area (Å²) in [4.78, 5) is 16.0. The Balaban J connectivity index is 2.50. The van der Waals surface area contributed by atoms with E-state index in [0.29, 0.717) is 55.6 Å². The Morgan fingerprint density at radius 3 is 2.50 bits per heavy atom. The maximum Gasteiger partial charge on any atom is 0.252 e. The standard InChI is InChI=1S/C17H14Cl2N2O3/c1-3-11-15(17(20)22)14-8(4-5-12(23-2)16(14)24-11)13-9(18)6-21-7-10(13)19/h4-7H,3H2,1-2H3,(H2,20,22). The van der Waals surface area contributed by atoms with Gasteiger partial charge in [-0.1, -0.05) is 30.1 Å². The van der Waals surface area contributed by atoms with Crippen LogP contribution >= 0.6 is 23.2 Å². The molecule has 24 heavy (non-hydrogen) atoms. The van der Waals surface area contributed by atoms with E-state index in [1.807, 2.05) is 6.92 Å². The van der Waals surface area contributed by atoms with Crippen molar-refractivity contribution < 1.29 is 13.9 Å². The average molecular weight is 365 g/mol.